The number of carbonyl (C=O) groups excluding carboxylic acids is 3. The van der Waals surface area contributed by atoms with Crippen LogP contribution in [0.25, 0.3) is 0 Å². The molecule has 19 heteroatoms. The van der Waals surface area contributed by atoms with Gasteiger partial charge in [-0.1, -0.05) is 23.3 Å². The summed E-state index contributed by atoms with van der Waals surface area (Å²) in [5, 5.41) is 23.1. The Morgan fingerprint density at radius 3 is 1.66 bits per heavy atom. The summed E-state index contributed by atoms with van der Waals surface area (Å²) in [6, 6.07) is 0. The number of aliphatic hydroxyl groups excluding tert-OH is 2. The number of halogens is 5. The molecule has 2 aliphatic heterocycles. The Kier molecular flexibility index (Phi) is 43.9. The summed E-state index contributed by atoms with van der Waals surface area (Å²) in [4.78, 5) is 35.8. The first kappa shape index (κ1) is 54.0. The second kappa shape index (κ2) is 33.4. The molecule has 0 saturated carbocycles. The maximum Gasteiger partial charge on any atom is 1.00 e. The number of nitrogens with zero attached hydrogens (tertiary/aromatic N) is 2. The van der Waals surface area contributed by atoms with Gasteiger partial charge >= 0.3 is 150 Å². The quantitative estimate of drug-likeness (QED) is 0.0542. The maximum atomic E-state index is 11.8. The summed E-state index contributed by atoms with van der Waals surface area (Å²) < 4.78 is 49.7. The van der Waals surface area contributed by atoms with E-state index in [1.807, 2.05) is 33.8 Å². The van der Waals surface area contributed by atoms with E-state index in [1.54, 1.807) is 23.7 Å². The summed E-state index contributed by atoms with van der Waals surface area (Å²) in [6.45, 7) is 10.7. The van der Waals surface area contributed by atoms with Gasteiger partial charge in [-0.2, -0.15) is 13.2 Å². The van der Waals surface area contributed by atoms with E-state index >= 15 is 0 Å². The fraction of sp³-hybridized carbons (Fsp3) is 0.591. The molecule has 2 rings (SSSR count). The molecular weight excluding hydrogens is 653 g/mol. The Morgan fingerprint density at radius 1 is 1.10 bits per heavy atom. The molecular formula is C22H34BCl2F3K2N2O9. The van der Waals surface area contributed by atoms with Crippen LogP contribution in [-0.2, 0) is 23.9 Å². The third kappa shape index (κ3) is 36.6. The molecule has 0 aromatic heterocycles. The van der Waals surface area contributed by atoms with Crippen molar-refractivity contribution in [3.05, 3.63) is 23.3 Å². The summed E-state index contributed by atoms with van der Waals surface area (Å²) in [7, 11) is 1.32. The minimum atomic E-state index is -4.74. The van der Waals surface area contributed by atoms with E-state index in [1.165, 1.54) is 11.7 Å². The van der Waals surface area contributed by atoms with Gasteiger partial charge in [0.2, 0.25) is 0 Å². The minimum Gasteiger partial charge on any atom is -1.00 e. The van der Waals surface area contributed by atoms with Gasteiger partial charge in [0.05, 0.1) is 5.34 Å². The van der Waals surface area contributed by atoms with E-state index in [0.29, 0.717) is 20.2 Å². The molecule has 0 unspecified atom stereocenters. The molecule has 2 aliphatic rings. The summed E-state index contributed by atoms with van der Waals surface area (Å²) in [6.07, 6.45) is 0.100. The zero-order valence-corrected chi connectivity index (χ0v) is 32.1. The Balaban J connectivity index is -0.0000000778. The van der Waals surface area contributed by atoms with Gasteiger partial charge in [-0.25, -0.2) is 4.79 Å². The first-order valence-electron chi connectivity index (χ1n) is 10.6. The van der Waals surface area contributed by atoms with Crippen LogP contribution in [0, 0.1) is 11.9 Å². The summed E-state index contributed by atoms with van der Waals surface area (Å²) >= 11 is 9.53. The predicted octanol–water partition coefficient (Wildman–Crippen LogP) is -3.57. The SMILES string of the molecule is CC1=CCN(C(=O)C(F)(F)F)C1.CC1=CCN(C(=O)OC(C)(C)C)C1.CO.ClCCl.O=BC#CO.O=CO[O-].[H-].[K+].[K+]. The van der Waals surface area contributed by atoms with Crippen LogP contribution in [-0.4, -0.2) is 96.0 Å². The third-order valence-electron chi connectivity index (χ3n) is 3.54. The number of carbonyl (C=O) groups is 3. The number of hydrogen-bond donors (Lipinski definition) is 2. The van der Waals surface area contributed by atoms with E-state index in [-0.39, 0.29) is 135 Å². The van der Waals surface area contributed by atoms with Crippen LogP contribution in [0.15, 0.2) is 23.3 Å². The van der Waals surface area contributed by atoms with Crippen molar-refractivity contribution >= 4 is 48.8 Å². The number of amides is 2. The van der Waals surface area contributed by atoms with Crippen LogP contribution >= 0.6 is 23.2 Å². The molecule has 0 aromatic rings. The van der Waals surface area contributed by atoms with Crippen molar-refractivity contribution in [2.75, 3.05) is 38.6 Å². The monoisotopic (exact) mass is 686 g/mol. The number of alkyl halides is 5. The molecule has 0 aromatic carbocycles. The molecule has 0 bridgehead atoms. The smallest absolute Gasteiger partial charge is 1.00 e. The standard InChI is InChI=1S/C10H17NO2.C7H8F3NO.C2HBO2.CH2Cl2.CH2O3.CH4O.2K.H/c1-8-5-6-11(7-8)9(12)13-10(2,3)4;1-5-2-3-11(4-5)6(12)7(8,9)10;4-2-1-3-5;2-1-3;2-1-4-3;1-2;;;/h5H,6-7H2,1-4H3;2H,3-4H2,1H3;4H;1H2;1,3H;2H,1H3;;;/q;;;;;;2*+1;-1/p-1. The first-order chi connectivity index (χ1) is 18.0. The van der Waals surface area contributed by atoms with Crippen molar-refractivity contribution in [3.63, 3.8) is 0 Å². The Bertz CT molecular complexity index is 860. The molecule has 0 atom stereocenters. The normalized spacial score (nSPS) is 12.2. The van der Waals surface area contributed by atoms with Crippen molar-refractivity contribution in [2.45, 2.75) is 46.4 Å². The molecule has 0 saturated heterocycles. The van der Waals surface area contributed by atoms with Gasteiger partial charge in [0.15, 0.2) is 0 Å². The molecule has 0 aliphatic carbocycles. The van der Waals surface area contributed by atoms with E-state index < -0.39 is 17.7 Å². The molecule has 0 spiro atoms. The molecule has 226 valence electrons. The number of hydrogen-bond acceptors (Lipinski definition) is 9. The van der Waals surface area contributed by atoms with E-state index in [0.717, 1.165) is 17.6 Å². The predicted molar refractivity (Wildman–Crippen MR) is 137 cm³/mol. The van der Waals surface area contributed by atoms with Crippen LogP contribution < -0.4 is 108 Å². The fourth-order valence-corrected chi connectivity index (χ4v) is 2.22. The number of aliphatic hydroxyl groups is 2. The van der Waals surface area contributed by atoms with Gasteiger partial charge < -0.3 is 31.2 Å². The molecule has 0 radical (unpaired) electrons. The topological polar surface area (TPSA) is 157 Å². The van der Waals surface area contributed by atoms with Gasteiger partial charge in [0.1, 0.15) is 5.60 Å². The van der Waals surface area contributed by atoms with E-state index in [2.05, 4.69) is 4.89 Å². The second-order valence-corrected chi connectivity index (χ2v) is 8.62. The van der Waals surface area contributed by atoms with Crippen molar-refractivity contribution < 1.29 is 162 Å². The van der Waals surface area contributed by atoms with Crippen LogP contribution in [0.4, 0.5) is 18.0 Å². The van der Waals surface area contributed by atoms with Crippen molar-refractivity contribution in [2.24, 2.45) is 0 Å². The third-order valence-corrected chi connectivity index (χ3v) is 3.54. The van der Waals surface area contributed by atoms with Crippen LogP contribution in [0.2, 0.25) is 0 Å². The molecule has 0 fully saturated rings. The van der Waals surface area contributed by atoms with E-state index in [4.69, 9.17) is 52.9 Å². The van der Waals surface area contributed by atoms with Crippen LogP contribution in [0.1, 0.15) is 36.0 Å². The average Bonchev–Trinajstić information content (AvgIpc) is 3.48. The van der Waals surface area contributed by atoms with Gasteiger partial charge in [0, 0.05) is 33.3 Å². The Morgan fingerprint density at radius 2 is 1.46 bits per heavy atom. The van der Waals surface area contributed by atoms with Gasteiger partial charge in [-0.05, 0) is 34.6 Å². The summed E-state index contributed by atoms with van der Waals surface area (Å²) in [5.41, 5.74) is 1.63. The Labute approximate surface area is 335 Å². The molecule has 2 amide bonds. The zero-order valence-electron chi connectivity index (χ0n) is 25.4. The molecule has 41 heavy (non-hydrogen) atoms. The molecule has 2 N–H and O–H groups in total. The molecule has 11 nitrogen and oxygen atoms in total. The number of rotatable bonds is 1. The van der Waals surface area contributed by atoms with Gasteiger partial charge in [-0.3, -0.25) is 9.59 Å². The zero-order chi connectivity index (χ0) is 31.7. The van der Waals surface area contributed by atoms with Crippen LogP contribution in [0.3, 0.4) is 0 Å². The molecule has 2 heterocycles. The van der Waals surface area contributed by atoms with Crippen molar-refractivity contribution in [1.82, 2.24) is 9.80 Å². The van der Waals surface area contributed by atoms with E-state index in [9.17, 15) is 22.8 Å². The number of ether oxygens (including phenoxy) is 1. The second-order valence-electron chi connectivity index (χ2n) is 7.81. The largest absolute Gasteiger partial charge is 1.00 e. The van der Waals surface area contributed by atoms with Crippen molar-refractivity contribution in [1.29, 1.82) is 0 Å². The minimum absolute atomic E-state index is 0. The van der Waals surface area contributed by atoms with Crippen molar-refractivity contribution in [3.8, 4) is 11.9 Å². The van der Waals surface area contributed by atoms with Gasteiger partial charge in [0.25, 0.3) is 6.47 Å². The fourth-order valence-electron chi connectivity index (χ4n) is 2.22. The average molecular weight is 687 g/mol. The maximum absolute atomic E-state index is 11.8. The van der Waals surface area contributed by atoms with Crippen LogP contribution in [0.5, 0.6) is 0 Å². The Hall–Kier alpha value is 0.478. The summed E-state index contributed by atoms with van der Waals surface area (Å²) in [5.74, 6) is -0.0180. The van der Waals surface area contributed by atoms with Gasteiger partial charge in [-0.15, -0.1) is 23.2 Å². The first-order valence-corrected chi connectivity index (χ1v) is 11.6.